The normalized spacial score (nSPS) is 42.1. The van der Waals surface area contributed by atoms with E-state index in [2.05, 4.69) is 39.8 Å². The summed E-state index contributed by atoms with van der Waals surface area (Å²) < 4.78 is 13.8. The number of likely N-dealkylation sites (N-methyl/N-ethyl adjacent to an activating group) is 1. The summed E-state index contributed by atoms with van der Waals surface area (Å²) in [5.74, 6) is 0.0877. The van der Waals surface area contributed by atoms with Crippen LogP contribution in [0.3, 0.4) is 0 Å². The topological polar surface area (TPSA) is 117 Å². The number of ether oxygens (including phenoxy) is 2. The molecule has 0 unspecified atom stereocenters. The van der Waals surface area contributed by atoms with Gasteiger partial charge in [-0.3, -0.25) is 9.59 Å². The van der Waals surface area contributed by atoms with Crippen LogP contribution in [0, 0.1) is 47.3 Å². The van der Waals surface area contributed by atoms with Gasteiger partial charge in [0.05, 0.1) is 18.6 Å². The number of ketones is 1. The molecule has 3 heterocycles. The van der Waals surface area contributed by atoms with Gasteiger partial charge in [0.25, 0.3) is 0 Å². The molecular formula is C36H49NO7. The lowest BCUT2D eigenvalue weighted by atomic mass is 9.57. The Bertz CT molecular complexity index is 1330. The molecule has 240 valence electrons. The van der Waals surface area contributed by atoms with Crippen molar-refractivity contribution in [1.82, 2.24) is 4.90 Å². The number of carbonyl (C=O) groups is 2. The predicted molar refractivity (Wildman–Crippen MR) is 165 cm³/mol. The SMILES string of the molecule is C[C@@H]1[C@@H]2[C@@H](C(O)=C3C(=O)CC(=O)N3C)[C@H](C[C@H]3CC[C@@H](C)[C@@]4(CC[C@@H](C)[C@H](c5cc(O)cc(O)c5)O4)O3)C=C[C@@H]2CC[C@H]1C. The number of hydrogen-bond donors (Lipinski definition) is 3. The number of Topliss-reactive ketones (excluding diaryl/α,β-unsaturated/α-hetero) is 1. The fourth-order valence-electron chi connectivity index (χ4n) is 9.10. The van der Waals surface area contributed by atoms with Crippen LogP contribution >= 0.6 is 0 Å². The fraction of sp³-hybridized carbons (Fsp3) is 0.667. The average Bonchev–Trinajstić information content (AvgIpc) is 3.23. The molecule has 1 spiro atoms. The Morgan fingerprint density at radius 1 is 0.932 bits per heavy atom. The van der Waals surface area contributed by atoms with Crippen molar-refractivity contribution in [3.05, 3.63) is 47.4 Å². The minimum Gasteiger partial charge on any atom is -0.510 e. The van der Waals surface area contributed by atoms with Gasteiger partial charge in [-0.25, -0.2) is 0 Å². The number of hydrogen-bond acceptors (Lipinski definition) is 7. The van der Waals surface area contributed by atoms with Crippen LogP contribution in [0.1, 0.15) is 90.7 Å². The highest BCUT2D eigenvalue weighted by Gasteiger charge is 2.52. The molecule has 3 N–H and O–H groups in total. The average molecular weight is 608 g/mol. The molecule has 3 saturated heterocycles. The van der Waals surface area contributed by atoms with Gasteiger partial charge >= 0.3 is 0 Å². The first kappa shape index (κ1) is 31.2. The molecule has 3 aliphatic heterocycles. The van der Waals surface area contributed by atoms with E-state index in [0.29, 0.717) is 24.2 Å². The standard InChI is InChI=1S/C36H49NO7/c1-19-6-8-23-9-10-24(32(31(23)22(19)4)34(42)33-29(40)18-30(41)37(33)5)16-28-11-7-21(3)36(43-28)13-12-20(2)35(44-36)25-14-26(38)17-27(39)15-25/h9-10,14-15,17,19-24,28,31-32,35,38-39,42H,6-8,11-13,16,18H2,1-5H3/t19-,20-,21-,22+,23+,24+,28-,31+,32+,35-,36+/m1/s1. The van der Waals surface area contributed by atoms with Gasteiger partial charge in [0.15, 0.2) is 11.6 Å². The maximum absolute atomic E-state index is 13.0. The molecular weight excluding hydrogens is 558 g/mol. The molecule has 0 aromatic heterocycles. The van der Waals surface area contributed by atoms with E-state index in [0.717, 1.165) is 44.1 Å². The summed E-state index contributed by atoms with van der Waals surface area (Å²) in [7, 11) is 1.59. The van der Waals surface area contributed by atoms with Gasteiger partial charge in [0.2, 0.25) is 5.91 Å². The van der Waals surface area contributed by atoms with Crippen molar-refractivity contribution >= 4 is 11.7 Å². The molecule has 6 rings (SSSR count). The molecule has 0 radical (unpaired) electrons. The Labute approximate surface area is 261 Å². The molecule has 44 heavy (non-hydrogen) atoms. The molecule has 1 aromatic carbocycles. The quantitative estimate of drug-likeness (QED) is 0.149. The van der Waals surface area contributed by atoms with Crippen molar-refractivity contribution in [2.45, 2.75) is 97.1 Å². The smallest absolute Gasteiger partial charge is 0.234 e. The highest BCUT2D eigenvalue weighted by molar-refractivity contribution is 6.14. The zero-order valence-corrected chi connectivity index (χ0v) is 26.7. The molecule has 8 heteroatoms. The van der Waals surface area contributed by atoms with E-state index < -0.39 is 5.79 Å². The third kappa shape index (κ3) is 5.46. The summed E-state index contributed by atoms with van der Waals surface area (Å²) in [5.41, 5.74) is 0.908. The maximum Gasteiger partial charge on any atom is 0.234 e. The van der Waals surface area contributed by atoms with Gasteiger partial charge in [0, 0.05) is 31.4 Å². The van der Waals surface area contributed by atoms with Crippen molar-refractivity contribution in [2.75, 3.05) is 7.05 Å². The number of carbonyl (C=O) groups excluding carboxylic acids is 2. The van der Waals surface area contributed by atoms with E-state index in [1.807, 2.05) is 0 Å². The number of benzene rings is 1. The van der Waals surface area contributed by atoms with Gasteiger partial charge in [0.1, 0.15) is 23.0 Å². The summed E-state index contributed by atoms with van der Waals surface area (Å²) in [6.45, 7) is 8.87. The van der Waals surface area contributed by atoms with Gasteiger partial charge in [-0.05, 0) is 91.7 Å². The predicted octanol–water partition coefficient (Wildman–Crippen LogP) is 6.79. The second kappa shape index (κ2) is 11.8. The molecule has 4 fully saturated rings. The van der Waals surface area contributed by atoms with Crippen LogP contribution in [0.15, 0.2) is 41.8 Å². The molecule has 1 amide bonds. The lowest BCUT2D eigenvalue weighted by molar-refractivity contribution is -0.348. The largest absolute Gasteiger partial charge is 0.510 e. The first-order valence-corrected chi connectivity index (χ1v) is 16.7. The second-order valence-electron chi connectivity index (χ2n) is 14.6. The second-order valence-corrected chi connectivity index (χ2v) is 14.6. The Kier molecular flexibility index (Phi) is 8.37. The van der Waals surface area contributed by atoms with Gasteiger partial charge in [-0.1, -0.05) is 39.8 Å². The molecule has 1 aromatic rings. The Balaban J connectivity index is 1.30. The number of aliphatic hydroxyl groups excluding tert-OH is 1. The number of amides is 1. The number of phenolic OH excluding ortho intramolecular Hbond substituents is 2. The van der Waals surface area contributed by atoms with Crippen LogP contribution in [0.25, 0.3) is 0 Å². The van der Waals surface area contributed by atoms with Crippen molar-refractivity contribution in [2.24, 2.45) is 47.3 Å². The van der Waals surface area contributed by atoms with Crippen LogP contribution in [-0.2, 0) is 19.1 Å². The molecule has 2 aliphatic carbocycles. The van der Waals surface area contributed by atoms with Gasteiger partial charge in [-0.2, -0.15) is 0 Å². The van der Waals surface area contributed by atoms with Crippen molar-refractivity contribution in [1.29, 1.82) is 0 Å². The Morgan fingerprint density at radius 2 is 1.66 bits per heavy atom. The lowest BCUT2D eigenvalue weighted by Crippen LogP contribution is -2.53. The third-order valence-electron chi connectivity index (χ3n) is 11.9. The number of phenols is 2. The van der Waals surface area contributed by atoms with Crippen molar-refractivity contribution in [3.8, 4) is 11.5 Å². The Hall–Kier alpha value is -2.84. The third-order valence-corrected chi connectivity index (χ3v) is 11.9. The van der Waals surface area contributed by atoms with Gasteiger partial charge in [-0.15, -0.1) is 0 Å². The summed E-state index contributed by atoms with van der Waals surface area (Å²) in [4.78, 5) is 26.8. The number of likely N-dealkylation sites (tertiary alicyclic amines) is 1. The highest BCUT2D eigenvalue weighted by atomic mass is 16.7. The number of fused-ring (bicyclic) bond motifs is 1. The lowest BCUT2D eigenvalue weighted by Gasteiger charge is -2.52. The molecule has 0 bridgehead atoms. The van der Waals surface area contributed by atoms with Crippen molar-refractivity contribution < 1.29 is 34.4 Å². The zero-order valence-electron chi connectivity index (χ0n) is 26.7. The summed E-state index contributed by atoms with van der Waals surface area (Å²) >= 11 is 0. The van der Waals surface area contributed by atoms with Crippen LogP contribution in [0.5, 0.6) is 11.5 Å². The molecule has 5 aliphatic rings. The van der Waals surface area contributed by atoms with Crippen LogP contribution in [-0.4, -0.2) is 50.8 Å². The minimum atomic E-state index is -0.793. The molecule has 8 nitrogen and oxygen atoms in total. The van der Waals surface area contributed by atoms with E-state index in [-0.39, 0.29) is 82.9 Å². The zero-order chi connectivity index (χ0) is 31.5. The number of aliphatic hydroxyl groups is 1. The van der Waals surface area contributed by atoms with Gasteiger partial charge < -0.3 is 29.7 Å². The van der Waals surface area contributed by atoms with Crippen LogP contribution in [0.2, 0.25) is 0 Å². The number of allylic oxidation sites excluding steroid dienone is 4. The maximum atomic E-state index is 13.0. The van der Waals surface area contributed by atoms with Crippen LogP contribution in [0.4, 0.5) is 0 Å². The van der Waals surface area contributed by atoms with Crippen molar-refractivity contribution in [3.63, 3.8) is 0 Å². The number of nitrogens with zero attached hydrogens (tertiary/aromatic N) is 1. The van der Waals surface area contributed by atoms with Crippen LogP contribution < -0.4 is 0 Å². The first-order chi connectivity index (χ1) is 20.9. The number of aromatic hydroxyl groups is 2. The number of rotatable bonds is 4. The first-order valence-electron chi connectivity index (χ1n) is 16.7. The van der Waals surface area contributed by atoms with E-state index in [1.54, 1.807) is 19.2 Å². The van der Waals surface area contributed by atoms with E-state index in [4.69, 9.17) is 9.47 Å². The van der Waals surface area contributed by atoms with E-state index in [1.165, 1.54) is 11.0 Å². The monoisotopic (exact) mass is 607 g/mol. The molecule has 1 saturated carbocycles. The Morgan fingerprint density at radius 3 is 2.34 bits per heavy atom. The van der Waals surface area contributed by atoms with E-state index in [9.17, 15) is 24.9 Å². The minimum absolute atomic E-state index is 0.00705. The summed E-state index contributed by atoms with van der Waals surface area (Å²) in [6.07, 6.45) is 10.3. The van der Waals surface area contributed by atoms with E-state index >= 15 is 0 Å². The summed E-state index contributed by atoms with van der Waals surface area (Å²) in [5, 5.41) is 32.3. The highest BCUT2D eigenvalue weighted by Crippen LogP contribution is 2.54. The molecule has 11 atom stereocenters. The fourth-order valence-corrected chi connectivity index (χ4v) is 9.10. The summed E-state index contributed by atoms with van der Waals surface area (Å²) in [6, 6.07) is 4.65.